The number of fused-ring (bicyclic) bond motifs is 1. The van der Waals surface area contributed by atoms with Crippen molar-refractivity contribution in [2.24, 2.45) is 0 Å². The van der Waals surface area contributed by atoms with Gasteiger partial charge in [-0.15, -0.1) is 0 Å². The Morgan fingerprint density at radius 2 is 1.86 bits per heavy atom. The number of aryl methyl sites for hydroxylation is 2. The summed E-state index contributed by atoms with van der Waals surface area (Å²) in [5.41, 5.74) is 4.22. The number of rotatable bonds is 7. The molecule has 2 aromatic rings. The highest BCUT2D eigenvalue weighted by Crippen LogP contribution is 2.29. The molecule has 6 heteroatoms. The van der Waals surface area contributed by atoms with Crippen molar-refractivity contribution < 1.29 is 13.2 Å². The predicted octanol–water partition coefficient (Wildman–Crippen LogP) is 3.74. The lowest BCUT2D eigenvalue weighted by molar-refractivity contribution is -0.122. The highest BCUT2D eigenvalue weighted by Gasteiger charge is 2.22. The van der Waals surface area contributed by atoms with Gasteiger partial charge in [-0.25, -0.2) is 8.42 Å². The Hall–Kier alpha value is -2.34. The van der Waals surface area contributed by atoms with Gasteiger partial charge in [0.2, 0.25) is 15.9 Å². The molecule has 0 fully saturated rings. The van der Waals surface area contributed by atoms with E-state index in [0.29, 0.717) is 18.5 Å². The van der Waals surface area contributed by atoms with Gasteiger partial charge >= 0.3 is 0 Å². The monoisotopic (exact) mass is 400 g/mol. The van der Waals surface area contributed by atoms with E-state index in [0.717, 1.165) is 24.8 Å². The van der Waals surface area contributed by atoms with E-state index in [1.54, 1.807) is 12.1 Å². The van der Waals surface area contributed by atoms with Crippen LogP contribution in [0.3, 0.4) is 0 Å². The number of hydrogen-bond acceptors (Lipinski definition) is 3. The number of carbonyl (C=O) groups is 1. The van der Waals surface area contributed by atoms with Crippen molar-refractivity contribution in [3.8, 4) is 0 Å². The van der Waals surface area contributed by atoms with Crippen molar-refractivity contribution in [1.29, 1.82) is 0 Å². The fourth-order valence-electron chi connectivity index (χ4n) is 3.75. The average molecular weight is 401 g/mol. The third kappa shape index (κ3) is 5.13. The zero-order chi connectivity index (χ0) is 20.1. The van der Waals surface area contributed by atoms with E-state index in [2.05, 4.69) is 17.4 Å². The van der Waals surface area contributed by atoms with Crippen molar-refractivity contribution in [2.75, 3.05) is 17.1 Å². The Labute approximate surface area is 167 Å². The highest BCUT2D eigenvalue weighted by atomic mass is 32.2. The Balaban J connectivity index is 1.57. The minimum atomic E-state index is -3.39. The minimum Gasteiger partial charge on any atom is -0.349 e. The first-order valence-corrected chi connectivity index (χ1v) is 11.6. The van der Waals surface area contributed by atoms with Crippen LogP contribution in [-0.4, -0.2) is 27.1 Å². The van der Waals surface area contributed by atoms with Crippen LogP contribution in [0, 0.1) is 6.92 Å². The van der Waals surface area contributed by atoms with Crippen molar-refractivity contribution in [3.05, 3.63) is 65.2 Å². The Bertz CT molecular complexity index is 923. The van der Waals surface area contributed by atoms with Crippen LogP contribution < -0.4 is 9.62 Å². The zero-order valence-corrected chi connectivity index (χ0v) is 17.3. The van der Waals surface area contributed by atoms with Crippen LogP contribution in [0.5, 0.6) is 0 Å². The van der Waals surface area contributed by atoms with Gasteiger partial charge in [-0.3, -0.25) is 9.10 Å². The van der Waals surface area contributed by atoms with Crippen LogP contribution in [0.4, 0.5) is 5.69 Å². The summed E-state index contributed by atoms with van der Waals surface area (Å²) in [5, 5.41) is 3.13. The number of anilines is 1. The smallest absolute Gasteiger partial charge is 0.232 e. The molecule has 2 aromatic carbocycles. The lowest BCUT2D eigenvalue weighted by atomic mass is 9.87. The van der Waals surface area contributed by atoms with E-state index in [1.165, 1.54) is 21.7 Å². The standard InChI is InChI=1S/C22H28N2O3S/c1-17-12-14-19(15-13-17)24(28(2,26)27)16-6-11-22(25)23-21-10-5-8-18-7-3-4-9-20(18)21/h3-4,7,9,12-15,21H,5-6,8,10-11,16H2,1-2H3,(H,23,25). The summed E-state index contributed by atoms with van der Waals surface area (Å²) >= 11 is 0. The molecule has 1 aliphatic rings. The molecule has 0 saturated carbocycles. The van der Waals surface area contributed by atoms with Gasteiger partial charge in [-0.2, -0.15) is 0 Å². The molecule has 5 nitrogen and oxygen atoms in total. The third-order valence-electron chi connectivity index (χ3n) is 5.19. The van der Waals surface area contributed by atoms with Crippen LogP contribution >= 0.6 is 0 Å². The maximum Gasteiger partial charge on any atom is 0.232 e. The molecular formula is C22H28N2O3S. The molecule has 0 radical (unpaired) electrons. The maximum absolute atomic E-state index is 12.5. The number of sulfonamides is 1. The van der Waals surface area contributed by atoms with E-state index in [1.807, 2.05) is 31.2 Å². The van der Waals surface area contributed by atoms with Gasteiger partial charge < -0.3 is 5.32 Å². The van der Waals surface area contributed by atoms with Gasteiger partial charge in [0.25, 0.3) is 0 Å². The summed E-state index contributed by atoms with van der Waals surface area (Å²) in [7, 11) is -3.39. The van der Waals surface area contributed by atoms with Gasteiger partial charge in [-0.05, 0) is 55.9 Å². The molecule has 0 bridgehead atoms. The lowest BCUT2D eigenvalue weighted by Crippen LogP contribution is -2.33. The van der Waals surface area contributed by atoms with E-state index in [4.69, 9.17) is 0 Å². The number of nitrogens with zero attached hydrogens (tertiary/aromatic N) is 1. The second-order valence-electron chi connectivity index (χ2n) is 7.49. The Kier molecular flexibility index (Phi) is 6.39. The predicted molar refractivity (Wildman–Crippen MR) is 113 cm³/mol. The fraction of sp³-hybridized carbons (Fsp3) is 0.409. The van der Waals surface area contributed by atoms with Crippen LogP contribution in [0.15, 0.2) is 48.5 Å². The first kappa shape index (κ1) is 20.4. The van der Waals surface area contributed by atoms with Gasteiger partial charge in [0.1, 0.15) is 0 Å². The van der Waals surface area contributed by atoms with Crippen LogP contribution in [0.25, 0.3) is 0 Å². The van der Waals surface area contributed by atoms with E-state index in [-0.39, 0.29) is 18.5 Å². The topological polar surface area (TPSA) is 66.5 Å². The Morgan fingerprint density at radius 1 is 1.14 bits per heavy atom. The Morgan fingerprint density at radius 3 is 2.57 bits per heavy atom. The number of benzene rings is 2. The molecule has 1 N–H and O–H groups in total. The quantitative estimate of drug-likeness (QED) is 0.770. The van der Waals surface area contributed by atoms with Crippen molar-refractivity contribution >= 4 is 21.6 Å². The second kappa shape index (κ2) is 8.78. The molecule has 1 atom stereocenters. The van der Waals surface area contributed by atoms with Gasteiger partial charge in [0.05, 0.1) is 18.0 Å². The number of amides is 1. The summed E-state index contributed by atoms with van der Waals surface area (Å²) in [6.07, 6.45) is 5.05. The minimum absolute atomic E-state index is 0.0286. The van der Waals surface area contributed by atoms with E-state index < -0.39 is 10.0 Å². The largest absolute Gasteiger partial charge is 0.349 e. The molecule has 1 amide bonds. The summed E-state index contributed by atoms with van der Waals surface area (Å²) in [6, 6.07) is 15.7. The molecule has 3 rings (SSSR count). The number of hydrogen-bond donors (Lipinski definition) is 1. The van der Waals surface area contributed by atoms with E-state index in [9.17, 15) is 13.2 Å². The molecule has 28 heavy (non-hydrogen) atoms. The lowest BCUT2D eigenvalue weighted by Gasteiger charge is -2.26. The molecule has 0 aliphatic heterocycles. The molecule has 150 valence electrons. The third-order valence-corrected chi connectivity index (χ3v) is 6.39. The zero-order valence-electron chi connectivity index (χ0n) is 16.5. The molecular weight excluding hydrogens is 372 g/mol. The first-order chi connectivity index (χ1) is 13.3. The average Bonchev–Trinajstić information content (AvgIpc) is 2.66. The normalized spacial score (nSPS) is 16.3. The summed E-state index contributed by atoms with van der Waals surface area (Å²) in [5.74, 6) is -0.0286. The summed E-state index contributed by atoms with van der Waals surface area (Å²) in [4.78, 5) is 12.5. The summed E-state index contributed by atoms with van der Waals surface area (Å²) < 4.78 is 25.7. The molecule has 1 aliphatic carbocycles. The highest BCUT2D eigenvalue weighted by molar-refractivity contribution is 7.92. The summed E-state index contributed by atoms with van der Waals surface area (Å²) in [6.45, 7) is 2.25. The van der Waals surface area contributed by atoms with Crippen LogP contribution in [-0.2, 0) is 21.2 Å². The van der Waals surface area contributed by atoms with Gasteiger partial charge in [0, 0.05) is 13.0 Å². The molecule has 0 aromatic heterocycles. The van der Waals surface area contributed by atoms with Crippen molar-refractivity contribution in [3.63, 3.8) is 0 Å². The van der Waals surface area contributed by atoms with Gasteiger partial charge in [0.15, 0.2) is 0 Å². The van der Waals surface area contributed by atoms with Gasteiger partial charge in [-0.1, -0.05) is 42.0 Å². The maximum atomic E-state index is 12.5. The van der Waals surface area contributed by atoms with Crippen LogP contribution in [0.1, 0.15) is 48.4 Å². The molecule has 0 spiro atoms. The molecule has 1 unspecified atom stereocenters. The molecule has 0 heterocycles. The first-order valence-electron chi connectivity index (χ1n) is 9.76. The second-order valence-corrected chi connectivity index (χ2v) is 9.39. The van der Waals surface area contributed by atoms with Crippen molar-refractivity contribution in [1.82, 2.24) is 5.32 Å². The van der Waals surface area contributed by atoms with E-state index >= 15 is 0 Å². The fourth-order valence-corrected chi connectivity index (χ4v) is 4.72. The number of carbonyl (C=O) groups excluding carboxylic acids is 1. The SMILES string of the molecule is Cc1ccc(N(CCCC(=O)NC2CCCc3ccccc32)S(C)(=O)=O)cc1. The number of nitrogens with one attached hydrogen (secondary N) is 1. The van der Waals surface area contributed by atoms with Crippen molar-refractivity contribution in [2.45, 2.75) is 45.1 Å². The van der Waals surface area contributed by atoms with Crippen LogP contribution in [0.2, 0.25) is 0 Å². The molecule has 0 saturated heterocycles.